The number of halogens is 3. The molecule has 2 atom stereocenters. The van der Waals surface area contributed by atoms with E-state index in [-0.39, 0.29) is 6.42 Å². The monoisotopic (exact) mass is 413 g/mol. The Morgan fingerprint density at radius 3 is 2.00 bits per heavy atom. The molecule has 2 unspecified atom stereocenters. The molecule has 1 aromatic carbocycles. The molecule has 0 aliphatic rings. The molecule has 0 aliphatic heterocycles. The van der Waals surface area contributed by atoms with E-state index in [0.717, 1.165) is 13.5 Å². The lowest BCUT2D eigenvalue weighted by Crippen LogP contribution is -2.43. The van der Waals surface area contributed by atoms with Gasteiger partial charge in [0.05, 0.1) is 5.25 Å². The molecule has 5 nitrogen and oxygen atoms in total. The van der Waals surface area contributed by atoms with Crippen LogP contribution in [0.15, 0.2) is 24.3 Å². The standard InChI is InChI=1S/C10H14O.C8H16F3NO3S/c1-3-8(2)9-4-6-10(11)7-5-9;1-4-7(2)16(13,14)12(6-15-3)5-8(9,10)11/h4-8,11H,3H2,1-2H3;7H,4-6H2,1-3H3. The van der Waals surface area contributed by atoms with Crippen LogP contribution in [0.3, 0.4) is 0 Å². The van der Waals surface area contributed by atoms with Crippen molar-refractivity contribution in [3.8, 4) is 5.75 Å². The highest BCUT2D eigenvalue weighted by atomic mass is 32.2. The Bertz CT molecular complexity index is 633. The summed E-state index contributed by atoms with van der Waals surface area (Å²) in [6.45, 7) is 5.21. The summed E-state index contributed by atoms with van der Waals surface area (Å²) >= 11 is 0. The second-order valence-electron chi connectivity index (χ2n) is 6.31. The molecular weight excluding hydrogens is 383 g/mol. The first-order valence-corrected chi connectivity index (χ1v) is 10.2. The number of ether oxygens (including phenoxy) is 1. The molecule has 0 fully saturated rings. The van der Waals surface area contributed by atoms with E-state index in [4.69, 9.17) is 5.11 Å². The fraction of sp³-hybridized carbons (Fsp3) is 0.667. The first-order chi connectivity index (χ1) is 12.4. The minimum absolute atomic E-state index is 0.250. The van der Waals surface area contributed by atoms with Crippen LogP contribution in [0, 0.1) is 0 Å². The van der Waals surface area contributed by atoms with E-state index < -0.39 is 34.7 Å². The molecule has 0 heterocycles. The van der Waals surface area contributed by atoms with Crippen LogP contribution in [-0.4, -0.2) is 49.6 Å². The van der Waals surface area contributed by atoms with Crippen LogP contribution in [-0.2, 0) is 14.8 Å². The second kappa shape index (κ2) is 11.5. The highest BCUT2D eigenvalue weighted by Gasteiger charge is 2.38. The lowest BCUT2D eigenvalue weighted by molar-refractivity contribution is -0.142. The van der Waals surface area contributed by atoms with Crippen LogP contribution in [0.2, 0.25) is 0 Å². The fourth-order valence-corrected chi connectivity index (χ4v) is 3.57. The van der Waals surface area contributed by atoms with Crippen molar-refractivity contribution in [1.82, 2.24) is 4.31 Å². The predicted molar refractivity (Wildman–Crippen MR) is 100 cm³/mol. The maximum atomic E-state index is 12.2. The summed E-state index contributed by atoms with van der Waals surface area (Å²) in [6, 6.07) is 7.43. The highest BCUT2D eigenvalue weighted by Crippen LogP contribution is 2.21. The van der Waals surface area contributed by atoms with E-state index in [1.807, 2.05) is 12.1 Å². The number of hydrogen-bond donors (Lipinski definition) is 1. The SMILES string of the molecule is CCC(C)S(=O)(=O)N(COC)CC(F)(F)F.CCC(C)c1ccc(O)cc1. The smallest absolute Gasteiger partial charge is 0.402 e. The number of methoxy groups -OCH3 is 1. The molecule has 0 saturated carbocycles. The number of phenols is 1. The number of alkyl halides is 3. The molecule has 9 heteroatoms. The third-order valence-corrected chi connectivity index (χ3v) is 6.45. The Hall–Kier alpha value is -1.32. The van der Waals surface area contributed by atoms with Crippen molar-refractivity contribution in [1.29, 1.82) is 0 Å². The van der Waals surface area contributed by atoms with Crippen LogP contribution in [0.1, 0.15) is 52.0 Å². The number of rotatable bonds is 8. The normalized spacial score (nSPS) is 14.4. The van der Waals surface area contributed by atoms with Crippen LogP contribution in [0.4, 0.5) is 13.2 Å². The molecule has 0 aliphatic carbocycles. The third-order valence-electron chi connectivity index (χ3n) is 4.15. The van der Waals surface area contributed by atoms with Gasteiger partial charge in [-0.15, -0.1) is 0 Å². The van der Waals surface area contributed by atoms with Gasteiger partial charge < -0.3 is 9.84 Å². The molecule has 0 radical (unpaired) electrons. The molecule has 0 spiro atoms. The number of hydrogen-bond acceptors (Lipinski definition) is 4. The largest absolute Gasteiger partial charge is 0.508 e. The molecule has 0 amide bonds. The van der Waals surface area contributed by atoms with Crippen molar-refractivity contribution in [2.24, 2.45) is 0 Å². The van der Waals surface area contributed by atoms with Crippen molar-refractivity contribution >= 4 is 10.0 Å². The molecule has 1 N–H and O–H groups in total. The van der Waals surface area contributed by atoms with Crippen molar-refractivity contribution in [2.45, 2.75) is 57.9 Å². The molecule has 0 saturated heterocycles. The number of benzene rings is 1. The van der Waals surface area contributed by atoms with Gasteiger partial charge >= 0.3 is 6.18 Å². The molecule has 1 rings (SSSR count). The third kappa shape index (κ3) is 9.44. The fourth-order valence-electron chi connectivity index (χ4n) is 2.06. The maximum absolute atomic E-state index is 12.2. The second-order valence-corrected chi connectivity index (χ2v) is 8.66. The van der Waals surface area contributed by atoms with Gasteiger partial charge in [-0.1, -0.05) is 32.9 Å². The van der Waals surface area contributed by atoms with E-state index in [0.29, 0.717) is 16.0 Å². The Balaban J connectivity index is 0.000000533. The highest BCUT2D eigenvalue weighted by molar-refractivity contribution is 7.89. The Kier molecular flexibility index (Phi) is 10.9. The Morgan fingerprint density at radius 1 is 1.11 bits per heavy atom. The van der Waals surface area contributed by atoms with Gasteiger partial charge in [0, 0.05) is 7.11 Å². The van der Waals surface area contributed by atoms with Crippen molar-refractivity contribution in [3.05, 3.63) is 29.8 Å². The van der Waals surface area contributed by atoms with Gasteiger partial charge in [0.2, 0.25) is 10.0 Å². The topological polar surface area (TPSA) is 66.8 Å². The zero-order valence-electron chi connectivity index (χ0n) is 16.5. The van der Waals surface area contributed by atoms with Gasteiger partial charge in [0.25, 0.3) is 0 Å². The van der Waals surface area contributed by atoms with Gasteiger partial charge in [-0.05, 0) is 43.4 Å². The van der Waals surface area contributed by atoms with Crippen LogP contribution in [0.25, 0.3) is 0 Å². The summed E-state index contributed by atoms with van der Waals surface area (Å²) in [7, 11) is -2.81. The summed E-state index contributed by atoms with van der Waals surface area (Å²) in [5.74, 6) is 0.938. The average molecular weight is 414 g/mol. The lowest BCUT2D eigenvalue weighted by Gasteiger charge is -2.25. The lowest BCUT2D eigenvalue weighted by atomic mass is 9.99. The number of nitrogens with zero attached hydrogens (tertiary/aromatic N) is 1. The number of aromatic hydroxyl groups is 1. The van der Waals surface area contributed by atoms with Crippen molar-refractivity contribution in [2.75, 3.05) is 20.4 Å². The maximum Gasteiger partial charge on any atom is 0.402 e. The van der Waals surface area contributed by atoms with E-state index in [2.05, 4.69) is 18.6 Å². The van der Waals surface area contributed by atoms with Crippen LogP contribution >= 0.6 is 0 Å². The predicted octanol–water partition coefficient (Wildman–Crippen LogP) is 4.49. The van der Waals surface area contributed by atoms with Gasteiger partial charge in [0.1, 0.15) is 19.0 Å². The van der Waals surface area contributed by atoms with E-state index in [1.54, 1.807) is 19.1 Å². The Labute approximate surface area is 160 Å². The summed E-state index contributed by atoms with van der Waals surface area (Å²) in [6.07, 6.45) is -3.18. The van der Waals surface area contributed by atoms with Gasteiger partial charge in [-0.2, -0.15) is 17.5 Å². The quantitative estimate of drug-likeness (QED) is 0.638. The average Bonchev–Trinajstić information content (AvgIpc) is 2.60. The van der Waals surface area contributed by atoms with Crippen molar-refractivity contribution in [3.63, 3.8) is 0 Å². The molecule has 0 bridgehead atoms. The number of phenolic OH excluding ortho intramolecular Hbond substituents is 1. The summed E-state index contributed by atoms with van der Waals surface area (Å²) in [4.78, 5) is 0. The summed E-state index contributed by atoms with van der Waals surface area (Å²) < 4.78 is 64.6. The molecule has 0 aromatic heterocycles. The minimum atomic E-state index is -4.57. The molecular formula is C18H30F3NO4S. The minimum Gasteiger partial charge on any atom is -0.508 e. The van der Waals surface area contributed by atoms with Gasteiger partial charge in [-0.25, -0.2) is 8.42 Å². The zero-order chi connectivity index (χ0) is 21.3. The number of sulfonamides is 1. The zero-order valence-corrected chi connectivity index (χ0v) is 17.3. The van der Waals surface area contributed by atoms with Crippen molar-refractivity contribution < 1.29 is 31.4 Å². The van der Waals surface area contributed by atoms with E-state index in [9.17, 15) is 21.6 Å². The summed E-state index contributed by atoms with van der Waals surface area (Å²) in [5.41, 5.74) is 1.30. The first-order valence-electron chi connectivity index (χ1n) is 8.72. The Morgan fingerprint density at radius 2 is 1.63 bits per heavy atom. The molecule has 158 valence electrons. The van der Waals surface area contributed by atoms with Crippen LogP contribution in [0.5, 0.6) is 5.75 Å². The molecule has 1 aromatic rings. The van der Waals surface area contributed by atoms with E-state index in [1.165, 1.54) is 12.5 Å². The van der Waals surface area contributed by atoms with Crippen LogP contribution < -0.4 is 0 Å². The first kappa shape index (κ1) is 25.7. The van der Waals surface area contributed by atoms with Gasteiger partial charge in [-0.3, -0.25) is 0 Å². The summed E-state index contributed by atoms with van der Waals surface area (Å²) in [5, 5.41) is 8.15. The van der Waals surface area contributed by atoms with Gasteiger partial charge in [0.15, 0.2) is 0 Å². The molecule has 27 heavy (non-hydrogen) atoms. The van der Waals surface area contributed by atoms with E-state index >= 15 is 0 Å².